The minimum Gasteiger partial charge on any atom is -0.396 e. The van der Waals surface area contributed by atoms with Gasteiger partial charge in [0.2, 0.25) is 0 Å². The molecule has 4 heteroatoms. The van der Waals surface area contributed by atoms with Crippen LogP contribution in [0.2, 0.25) is 0 Å². The maximum absolute atomic E-state index is 13.1. The first kappa shape index (κ1) is 13.8. The van der Waals surface area contributed by atoms with Gasteiger partial charge >= 0.3 is 0 Å². The highest BCUT2D eigenvalue weighted by Crippen LogP contribution is 2.35. The van der Waals surface area contributed by atoms with E-state index in [4.69, 9.17) is 4.74 Å². The molecule has 110 valence electrons. The van der Waals surface area contributed by atoms with Crippen molar-refractivity contribution >= 4 is 5.69 Å². The molecule has 1 N–H and O–H groups in total. The van der Waals surface area contributed by atoms with Crippen LogP contribution in [0.25, 0.3) is 0 Å². The summed E-state index contributed by atoms with van der Waals surface area (Å²) in [5, 5.41) is 9.65. The van der Waals surface area contributed by atoms with Crippen molar-refractivity contribution in [3.63, 3.8) is 0 Å². The Morgan fingerprint density at radius 2 is 1.85 bits per heavy atom. The zero-order valence-corrected chi connectivity index (χ0v) is 11.7. The molecular formula is C16H22FNO2. The topological polar surface area (TPSA) is 32.7 Å². The van der Waals surface area contributed by atoms with Gasteiger partial charge in [0.25, 0.3) is 0 Å². The van der Waals surface area contributed by atoms with Crippen LogP contribution in [0, 0.1) is 11.2 Å². The van der Waals surface area contributed by atoms with Gasteiger partial charge in [-0.25, -0.2) is 4.39 Å². The van der Waals surface area contributed by atoms with Crippen LogP contribution >= 0.6 is 0 Å². The van der Waals surface area contributed by atoms with Gasteiger partial charge in [-0.1, -0.05) is 12.8 Å². The van der Waals surface area contributed by atoms with Crippen LogP contribution in [-0.2, 0) is 4.74 Å². The molecule has 1 aliphatic carbocycles. The maximum Gasteiger partial charge on any atom is 0.123 e. The second-order valence-electron chi connectivity index (χ2n) is 6.19. The molecule has 0 spiro atoms. The second-order valence-corrected chi connectivity index (χ2v) is 6.19. The third kappa shape index (κ3) is 2.67. The molecule has 0 amide bonds. The summed E-state index contributed by atoms with van der Waals surface area (Å²) in [7, 11) is 0. The normalized spacial score (nSPS) is 21.7. The van der Waals surface area contributed by atoms with Gasteiger partial charge < -0.3 is 14.7 Å². The molecule has 0 bridgehead atoms. The molecule has 2 aliphatic rings. The molecular weight excluding hydrogens is 257 g/mol. The quantitative estimate of drug-likeness (QED) is 0.899. The van der Waals surface area contributed by atoms with E-state index in [1.807, 2.05) is 12.1 Å². The van der Waals surface area contributed by atoms with Crippen molar-refractivity contribution in [3.8, 4) is 0 Å². The molecule has 0 aromatic heterocycles. The summed E-state index contributed by atoms with van der Waals surface area (Å²) in [4.78, 5) is 2.35. The third-order valence-corrected chi connectivity index (χ3v) is 4.58. The van der Waals surface area contributed by atoms with E-state index < -0.39 is 0 Å². The number of nitrogens with zero attached hydrogens (tertiary/aromatic N) is 1. The van der Waals surface area contributed by atoms with Crippen LogP contribution in [-0.4, -0.2) is 37.5 Å². The molecule has 3 nitrogen and oxygen atoms in total. The Hall–Kier alpha value is -1.13. The first-order valence-electron chi connectivity index (χ1n) is 7.43. The lowest BCUT2D eigenvalue weighted by Gasteiger charge is -2.45. The lowest BCUT2D eigenvalue weighted by Crippen LogP contribution is -2.55. The lowest BCUT2D eigenvalue weighted by atomic mass is 9.85. The van der Waals surface area contributed by atoms with Gasteiger partial charge in [-0.15, -0.1) is 0 Å². The summed E-state index contributed by atoms with van der Waals surface area (Å²) < 4.78 is 18.4. The van der Waals surface area contributed by atoms with Crippen LogP contribution in [0.3, 0.4) is 0 Å². The number of ether oxygens (including phenoxy) is 1. The predicted octanol–water partition coefficient (Wildman–Crippen LogP) is 2.58. The van der Waals surface area contributed by atoms with Crippen molar-refractivity contribution in [3.05, 3.63) is 30.1 Å². The summed E-state index contributed by atoms with van der Waals surface area (Å²) in [5.41, 5.74) is 0.912. The Morgan fingerprint density at radius 1 is 1.20 bits per heavy atom. The van der Waals surface area contributed by atoms with E-state index in [1.165, 1.54) is 37.8 Å². The third-order valence-electron chi connectivity index (χ3n) is 4.58. The van der Waals surface area contributed by atoms with E-state index in [1.54, 1.807) is 0 Å². The first-order valence-corrected chi connectivity index (χ1v) is 7.43. The summed E-state index contributed by atoms with van der Waals surface area (Å²) in [6, 6.07) is 7.22. The molecule has 1 saturated carbocycles. The fourth-order valence-electron chi connectivity index (χ4n) is 3.26. The Labute approximate surface area is 119 Å². The van der Waals surface area contributed by atoms with E-state index in [0.29, 0.717) is 19.3 Å². The Balaban J connectivity index is 1.81. The summed E-state index contributed by atoms with van der Waals surface area (Å²) in [5.74, 6) is -0.205. The molecule has 3 rings (SSSR count). The summed E-state index contributed by atoms with van der Waals surface area (Å²) in [6.07, 6.45) is 4.87. The largest absolute Gasteiger partial charge is 0.396 e. The smallest absolute Gasteiger partial charge is 0.123 e. The highest BCUT2D eigenvalue weighted by atomic mass is 19.1. The predicted molar refractivity (Wildman–Crippen MR) is 76.3 cm³/mol. The number of hydrogen-bond donors (Lipinski definition) is 1. The molecule has 1 aromatic carbocycles. The zero-order chi connectivity index (χ0) is 14.0. The molecule has 1 heterocycles. The van der Waals surface area contributed by atoms with Crippen LogP contribution in [0.5, 0.6) is 0 Å². The Kier molecular flexibility index (Phi) is 3.94. The molecule has 2 fully saturated rings. The fraction of sp³-hybridized carbons (Fsp3) is 0.625. The SMILES string of the molecule is OCC1(CN(c2ccc(F)cc2)C2CCCC2)COC1. The van der Waals surface area contributed by atoms with E-state index >= 15 is 0 Å². The number of aliphatic hydroxyl groups is 1. The Morgan fingerprint density at radius 3 is 2.35 bits per heavy atom. The Bertz CT molecular complexity index is 433. The first-order chi connectivity index (χ1) is 9.72. The molecule has 0 unspecified atom stereocenters. The average molecular weight is 279 g/mol. The van der Waals surface area contributed by atoms with Gasteiger partial charge in [-0.2, -0.15) is 0 Å². The molecule has 0 atom stereocenters. The van der Waals surface area contributed by atoms with Crippen molar-refractivity contribution in [2.75, 3.05) is 31.3 Å². The van der Waals surface area contributed by atoms with Crippen LogP contribution < -0.4 is 4.90 Å². The number of benzene rings is 1. The van der Waals surface area contributed by atoms with Gasteiger partial charge in [0.15, 0.2) is 0 Å². The number of anilines is 1. The lowest BCUT2D eigenvalue weighted by molar-refractivity contribution is -0.131. The highest BCUT2D eigenvalue weighted by molar-refractivity contribution is 5.48. The number of halogens is 1. The summed E-state index contributed by atoms with van der Waals surface area (Å²) in [6.45, 7) is 2.18. The van der Waals surface area contributed by atoms with E-state index in [-0.39, 0.29) is 17.8 Å². The maximum atomic E-state index is 13.1. The number of hydrogen-bond acceptors (Lipinski definition) is 3. The van der Waals surface area contributed by atoms with Gasteiger partial charge in [0.1, 0.15) is 5.82 Å². The molecule has 20 heavy (non-hydrogen) atoms. The van der Waals surface area contributed by atoms with Crippen molar-refractivity contribution in [1.29, 1.82) is 0 Å². The second kappa shape index (κ2) is 5.70. The van der Waals surface area contributed by atoms with E-state index in [2.05, 4.69) is 4.90 Å². The van der Waals surface area contributed by atoms with E-state index in [0.717, 1.165) is 12.2 Å². The highest BCUT2D eigenvalue weighted by Gasteiger charge is 2.41. The zero-order valence-electron chi connectivity index (χ0n) is 11.7. The van der Waals surface area contributed by atoms with Crippen LogP contribution in [0.4, 0.5) is 10.1 Å². The van der Waals surface area contributed by atoms with Gasteiger partial charge in [-0.3, -0.25) is 0 Å². The number of aliphatic hydroxyl groups excluding tert-OH is 1. The minimum absolute atomic E-state index is 0.142. The monoisotopic (exact) mass is 279 g/mol. The van der Waals surface area contributed by atoms with Gasteiger partial charge in [0.05, 0.1) is 25.2 Å². The number of rotatable bonds is 5. The molecule has 1 aliphatic heterocycles. The molecule has 1 saturated heterocycles. The van der Waals surface area contributed by atoms with Crippen molar-refractivity contribution in [2.24, 2.45) is 5.41 Å². The van der Waals surface area contributed by atoms with E-state index in [9.17, 15) is 9.50 Å². The van der Waals surface area contributed by atoms with Gasteiger partial charge in [-0.05, 0) is 37.1 Å². The van der Waals surface area contributed by atoms with Crippen molar-refractivity contribution in [1.82, 2.24) is 0 Å². The fourth-order valence-corrected chi connectivity index (χ4v) is 3.26. The molecule has 0 radical (unpaired) electrons. The standard InChI is InChI=1S/C16H22FNO2/c17-13-5-7-15(8-6-13)18(14-3-1-2-4-14)9-16(10-19)11-20-12-16/h5-8,14,19H,1-4,9-12H2. The average Bonchev–Trinajstić information content (AvgIpc) is 2.94. The minimum atomic E-state index is -0.205. The van der Waals surface area contributed by atoms with Gasteiger partial charge in [0, 0.05) is 18.3 Å². The van der Waals surface area contributed by atoms with Crippen LogP contribution in [0.1, 0.15) is 25.7 Å². The summed E-state index contributed by atoms with van der Waals surface area (Å²) >= 11 is 0. The molecule has 1 aromatic rings. The van der Waals surface area contributed by atoms with Crippen LogP contribution in [0.15, 0.2) is 24.3 Å². The van der Waals surface area contributed by atoms with Crippen molar-refractivity contribution in [2.45, 2.75) is 31.7 Å². The van der Waals surface area contributed by atoms with Crippen molar-refractivity contribution < 1.29 is 14.2 Å².